The Morgan fingerprint density at radius 3 is 2.56 bits per heavy atom. The molecule has 0 aliphatic carbocycles. The Morgan fingerprint density at radius 2 is 1.94 bits per heavy atom. The van der Waals surface area contributed by atoms with Crippen molar-refractivity contribution >= 4 is 11.6 Å². The van der Waals surface area contributed by atoms with Crippen molar-refractivity contribution in [1.29, 1.82) is 0 Å². The van der Waals surface area contributed by atoms with Crippen LogP contribution in [0.3, 0.4) is 0 Å². The lowest BCUT2D eigenvalue weighted by Gasteiger charge is -2.26. The van der Waals surface area contributed by atoms with Crippen molar-refractivity contribution in [1.82, 2.24) is 5.32 Å². The van der Waals surface area contributed by atoms with E-state index in [9.17, 15) is 0 Å². The summed E-state index contributed by atoms with van der Waals surface area (Å²) in [5.41, 5.74) is 2.94. The molecular formula is C14H20ClN. The molecule has 1 aromatic rings. The van der Waals surface area contributed by atoms with Gasteiger partial charge in [-0.25, -0.2) is 0 Å². The van der Waals surface area contributed by atoms with E-state index in [2.05, 4.69) is 31.3 Å². The molecule has 1 heterocycles. The second kappa shape index (κ2) is 5.20. The molecule has 0 atom stereocenters. The summed E-state index contributed by atoms with van der Waals surface area (Å²) in [6, 6.07) is 6.39. The van der Waals surface area contributed by atoms with E-state index in [0.717, 1.165) is 18.1 Å². The standard InChI is InChI=1S/C14H20ClN/c1-10(2)13-4-3-12(15)9-14(13)11-5-7-16-8-6-11/h3-4,9-11,16H,5-8H2,1-2H3. The molecule has 1 aliphatic heterocycles. The third kappa shape index (κ3) is 2.58. The van der Waals surface area contributed by atoms with Crippen molar-refractivity contribution in [3.05, 3.63) is 34.3 Å². The zero-order chi connectivity index (χ0) is 11.5. The lowest BCUT2D eigenvalue weighted by Crippen LogP contribution is -2.27. The third-order valence-electron chi connectivity index (χ3n) is 3.45. The molecule has 0 spiro atoms. The van der Waals surface area contributed by atoms with E-state index >= 15 is 0 Å². The number of benzene rings is 1. The number of piperidine rings is 1. The Kier molecular flexibility index (Phi) is 3.88. The van der Waals surface area contributed by atoms with E-state index in [1.54, 1.807) is 0 Å². The van der Waals surface area contributed by atoms with Crippen LogP contribution in [0.1, 0.15) is 49.7 Å². The zero-order valence-corrected chi connectivity index (χ0v) is 10.8. The zero-order valence-electron chi connectivity index (χ0n) is 10.1. The van der Waals surface area contributed by atoms with E-state index in [1.807, 2.05) is 6.07 Å². The van der Waals surface area contributed by atoms with Crippen LogP contribution < -0.4 is 5.32 Å². The fourth-order valence-electron chi connectivity index (χ4n) is 2.56. The average Bonchev–Trinajstić information content (AvgIpc) is 2.29. The number of halogens is 1. The lowest BCUT2D eigenvalue weighted by atomic mass is 9.84. The summed E-state index contributed by atoms with van der Waals surface area (Å²) in [6.07, 6.45) is 2.47. The van der Waals surface area contributed by atoms with Crippen LogP contribution in [0, 0.1) is 0 Å². The second-order valence-electron chi connectivity index (χ2n) is 4.95. The molecule has 1 saturated heterocycles. The van der Waals surface area contributed by atoms with Crippen LogP contribution in [-0.2, 0) is 0 Å². The highest BCUT2D eigenvalue weighted by Gasteiger charge is 2.19. The first-order valence-corrected chi connectivity index (χ1v) is 6.56. The fraction of sp³-hybridized carbons (Fsp3) is 0.571. The van der Waals surface area contributed by atoms with Gasteiger partial charge in [0.05, 0.1) is 0 Å². The van der Waals surface area contributed by atoms with Gasteiger partial charge in [0.2, 0.25) is 0 Å². The maximum absolute atomic E-state index is 6.13. The Balaban J connectivity index is 2.32. The van der Waals surface area contributed by atoms with Gasteiger partial charge >= 0.3 is 0 Å². The summed E-state index contributed by atoms with van der Waals surface area (Å²) in [5.74, 6) is 1.28. The normalized spacial score (nSPS) is 18.0. The van der Waals surface area contributed by atoms with E-state index < -0.39 is 0 Å². The Labute approximate surface area is 103 Å². The first-order chi connectivity index (χ1) is 7.68. The number of nitrogens with one attached hydrogen (secondary N) is 1. The topological polar surface area (TPSA) is 12.0 Å². The van der Waals surface area contributed by atoms with Gasteiger partial charge in [0.1, 0.15) is 0 Å². The minimum atomic E-state index is 0.585. The van der Waals surface area contributed by atoms with Crippen molar-refractivity contribution < 1.29 is 0 Å². The van der Waals surface area contributed by atoms with Gasteiger partial charge in [-0.2, -0.15) is 0 Å². The number of hydrogen-bond acceptors (Lipinski definition) is 1. The first-order valence-electron chi connectivity index (χ1n) is 6.18. The van der Waals surface area contributed by atoms with Crippen LogP contribution >= 0.6 is 11.6 Å². The van der Waals surface area contributed by atoms with Gasteiger partial charge in [0.25, 0.3) is 0 Å². The van der Waals surface area contributed by atoms with E-state index in [0.29, 0.717) is 11.8 Å². The molecule has 0 bridgehead atoms. The van der Waals surface area contributed by atoms with Gasteiger partial charge in [0.15, 0.2) is 0 Å². The van der Waals surface area contributed by atoms with Crippen LogP contribution in [0.25, 0.3) is 0 Å². The van der Waals surface area contributed by atoms with Crippen molar-refractivity contribution in [2.75, 3.05) is 13.1 Å². The molecule has 2 heteroatoms. The highest BCUT2D eigenvalue weighted by molar-refractivity contribution is 6.30. The summed E-state index contributed by atoms with van der Waals surface area (Å²) in [4.78, 5) is 0. The fourth-order valence-corrected chi connectivity index (χ4v) is 2.74. The molecule has 0 saturated carbocycles. The molecule has 1 fully saturated rings. The molecule has 0 unspecified atom stereocenters. The number of rotatable bonds is 2. The van der Waals surface area contributed by atoms with Crippen molar-refractivity contribution in [3.63, 3.8) is 0 Å². The highest BCUT2D eigenvalue weighted by atomic mass is 35.5. The summed E-state index contributed by atoms with van der Waals surface area (Å²) in [7, 11) is 0. The predicted molar refractivity (Wildman–Crippen MR) is 70.4 cm³/mol. The molecule has 0 aromatic heterocycles. The molecule has 2 rings (SSSR count). The molecule has 1 nitrogen and oxygen atoms in total. The molecule has 0 amide bonds. The summed E-state index contributed by atoms with van der Waals surface area (Å²) in [5, 5.41) is 4.29. The van der Waals surface area contributed by atoms with Gasteiger partial charge < -0.3 is 5.32 Å². The smallest absolute Gasteiger partial charge is 0.0409 e. The summed E-state index contributed by atoms with van der Waals surface area (Å²) < 4.78 is 0. The van der Waals surface area contributed by atoms with Crippen LogP contribution in [-0.4, -0.2) is 13.1 Å². The summed E-state index contributed by atoms with van der Waals surface area (Å²) >= 11 is 6.13. The maximum atomic E-state index is 6.13. The van der Waals surface area contributed by atoms with E-state index in [-0.39, 0.29) is 0 Å². The second-order valence-corrected chi connectivity index (χ2v) is 5.39. The molecule has 1 aliphatic rings. The maximum Gasteiger partial charge on any atom is 0.0409 e. The Bertz CT molecular complexity index is 354. The molecule has 88 valence electrons. The monoisotopic (exact) mass is 237 g/mol. The van der Waals surface area contributed by atoms with Gasteiger partial charge in [-0.15, -0.1) is 0 Å². The molecule has 1 aromatic carbocycles. The van der Waals surface area contributed by atoms with Gasteiger partial charge in [-0.1, -0.05) is 31.5 Å². The predicted octanol–water partition coefficient (Wildman–Crippen LogP) is 3.93. The molecule has 0 radical (unpaired) electrons. The lowest BCUT2D eigenvalue weighted by molar-refractivity contribution is 0.457. The quantitative estimate of drug-likeness (QED) is 0.822. The van der Waals surface area contributed by atoms with Crippen molar-refractivity contribution in [2.24, 2.45) is 0 Å². The van der Waals surface area contributed by atoms with Crippen LogP contribution in [0.4, 0.5) is 0 Å². The van der Waals surface area contributed by atoms with Crippen LogP contribution in [0.2, 0.25) is 5.02 Å². The largest absolute Gasteiger partial charge is 0.317 e. The van der Waals surface area contributed by atoms with Crippen LogP contribution in [0.15, 0.2) is 18.2 Å². The number of hydrogen-bond donors (Lipinski definition) is 1. The Morgan fingerprint density at radius 1 is 1.25 bits per heavy atom. The van der Waals surface area contributed by atoms with Gasteiger partial charge in [-0.05, 0) is 61.0 Å². The van der Waals surface area contributed by atoms with Crippen molar-refractivity contribution in [3.8, 4) is 0 Å². The van der Waals surface area contributed by atoms with Gasteiger partial charge in [-0.3, -0.25) is 0 Å². The average molecular weight is 238 g/mol. The molecule has 1 N–H and O–H groups in total. The minimum absolute atomic E-state index is 0.585. The summed E-state index contributed by atoms with van der Waals surface area (Å²) in [6.45, 7) is 6.78. The highest BCUT2D eigenvalue weighted by Crippen LogP contribution is 2.33. The van der Waals surface area contributed by atoms with Crippen molar-refractivity contribution in [2.45, 2.75) is 38.5 Å². The SMILES string of the molecule is CC(C)c1ccc(Cl)cc1C1CCNCC1. The molecular weight excluding hydrogens is 218 g/mol. The van der Waals surface area contributed by atoms with Crippen LogP contribution in [0.5, 0.6) is 0 Å². The minimum Gasteiger partial charge on any atom is -0.317 e. The Hall–Kier alpha value is -0.530. The van der Waals surface area contributed by atoms with Gasteiger partial charge in [0, 0.05) is 5.02 Å². The first kappa shape index (κ1) is 11.9. The van der Waals surface area contributed by atoms with E-state index in [1.165, 1.54) is 24.0 Å². The third-order valence-corrected chi connectivity index (χ3v) is 3.68. The molecule has 16 heavy (non-hydrogen) atoms. The van der Waals surface area contributed by atoms with E-state index in [4.69, 9.17) is 11.6 Å².